The van der Waals surface area contributed by atoms with E-state index in [2.05, 4.69) is 59.1 Å². The molecular weight excluding hydrogens is 1210 g/mol. The second kappa shape index (κ2) is 76.2. The summed E-state index contributed by atoms with van der Waals surface area (Å²) in [5.74, 6) is 0. The van der Waals surface area contributed by atoms with Crippen LogP contribution in [0.15, 0.2) is 0 Å². The number of hydrogen-bond donors (Lipinski definition) is 5. The quantitative estimate of drug-likeness (QED) is 0.0371. The van der Waals surface area contributed by atoms with E-state index in [1.165, 1.54) is 302 Å². The Bertz CT molecular complexity index is 1480. The van der Waals surface area contributed by atoms with E-state index in [-0.39, 0.29) is 18.3 Å². The molecule has 98 heavy (non-hydrogen) atoms. The third kappa shape index (κ3) is 67.4. The van der Waals surface area contributed by atoms with Crippen LogP contribution >= 0.6 is 0 Å². The van der Waals surface area contributed by atoms with E-state index in [1.807, 2.05) is 0 Å². The van der Waals surface area contributed by atoms with Gasteiger partial charge in [0.15, 0.2) is 0 Å². The molecule has 1 aliphatic rings. The van der Waals surface area contributed by atoms with E-state index in [4.69, 9.17) is 9.47 Å². The zero-order valence-electron chi connectivity index (χ0n) is 66.9. The van der Waals surface area contributed by atoms with Crippen molar-refractivity contribution in [1.82, 2.24) is 24.5 Å². The molecular formula is C86H177N5O7. The van der Waals surface area contributed by atoms with Gasteiger partial charge in [0.2, 0.25) is 0 Å². The molecule has 5 atom stereocenters. The van der Waals surface area contributed by atoms with Crippen LogP contribution in [0, 0.1) is 0 Å². The molecule has 1 rings (SSSR count). The molecule has 0 aromatic carbocycles. The van der Waals surface area contributed by atoms with Crippen LogP contribution in [-0.4, -0.2) is 205 Å². The van der Waals surface area contributed by atoms with Gasteiger partial charge in [0.05, 0.1) is 56.9 Å². The number of ether oxygens (including phenoxy) is 2. The lowest BCUT2D eigenvalue weighted by molar-refractivity contribution is 0.0257. The molecule has 12 nitrogen and oxygen atoms in total. The van der Waals surface area contributed by atoms with Crippen LogP contribution in [0.3, 0.4) is 0 Å². The highest BCUT2D eigenvalue weighted by molar-refractivity contribution is 4.76. The second-order valence-corrected chi connectivity index (χ2v) is 31.6. The second-order valence-electron chi connectivity index (χ2n) is 31.6. The fourth-order valence-corrected chi connectivity index (χ4v) is 14.9. The molecule has 588 valence electrons. The number of hydrogen-bond acceptors (Lipinski definition) is 12. The van der Waals surface area contributed by atoms with Crippen molar-refractivity contribution < 1.29 is 35.0 Å². The maximum atomic E-state index is 11.5. The molecule has 0 aromatic heterocycles. The van der Waals surface area contributed by atoms with Gasteiger partial charge in [-0.2, -0.15) is 0 Å². The van der Waals surface area contributed by atoms with Crippen molar-refractivity contribution in [2.45, 2.75) is 431 Å². The maximum absolute atomic E-state index is 11.5. The Balaban J connectivity index is 2.78. The van der Waals surface area contributed by atoms with E-state index < -0.39 is 12.2 Å². The summed E-state index contributed by atoms with van der Waals surface area (Å²) in [5, 5.41) is 56.6. The van der Waals surface area contributed by atoms with E-state index in [1.54, 1.807) is 0 Å². The SMILES string of the molecule is CCCCCCCCCCCCCCC(O)CN(CCOCCN1CCN(CCN(CCOCCN(CC(O)CCCCCCCCCCCC)CC(O)CCCCCCCCCCCC)CC(O)CCCCCCCCCCCC)CC1)CC(O)CCCCCCCCCCCC. The standard InChI is InChI=1S/C86H177N5O7/c1-6-11-16-21-26-31-36-37-42-47-52-57-62-84(94)79-90(78-83(93)59-54-49-44-39-33-28-23-18-13-8-3)71-75-97-73-69-88-65-63-87(64-66-88)67-68-89(77-82(92)58-53-48-43-38-32-27-22-17-12-7-2)70-74-98-76-72-91(80-85(95)60-55-50-45-40-34-29-24-19-14-9-4)81-86(96)61-56-51-46-41-35-30-25-20-15-10-5/h82-86,92-96H,6-81H2,1-5H3. The van der Waals surface area contributed by atoms with Gasteiger partial charge in [-0.05, 0) is 32.1 Å². The summed E-state index contributed by atoms with van der Waals surface area (Å²) >= 11 is 0. The number of rotatable bonds is 82. The van der Waals surface area contributed by atoms with Gasteiger partial charge < -0.3 is 35.0 Å². The predicted molar refractivity (Wildman–Crippen MR) is 425 cm³/mol. The highest BCUT2D eigenvalue weighted by Crippen LogP contribution is 2.20. The molecule has 12 heteroatoms. The molecule has 0 aliphatic carbocycles. The molecule has 1 aliphatic heterocycles. The minimum Gasteiger partial charge on any atom is -0.392 e. The van der Waals surface area contributed by atoms with Crippen molar-refractivity contribution in [3.05, 3.63) is 0 Å². The molecule has 5 unspecified atom stereocenters. The minimum atomic E-state index is -0.391. The monoisotopic (exact) mass is 1390 g/mol. The number of aliphatic hydroxyl groups excluding tert-OH is 5. The van der Waals surface area contributed by atoms with Crippen molar-refractivity contribution in [3.8, 4) is 0 Å². The Morgan fingerprint density at radius 1 is 0.224 bits per heavy atom. The molecule has 0 bridgehead atoms. The van der Waals surface area contributed by atoms with Gasteiger partial charge in [0.1, 0.15) is 0 Å². The van der Waals surface area contributed by atoms with E-state index in [0.29, 0.717) is 65.7 Å². The van der Waals surface area contributed by atoms with E-state index in [9.17, 15) is 25.5 Å². The number of nitrogens with zero attached hydrogens (tertiary/aromatic N) is 5. The summed E-state index contributed by atoms with van der Waals surface area (Å²) in [6.07, 6.45) is 70.0. The predicted octanol–water partition coefficient (Wildman–Crippen LogP) is 20.7. The van der Waals surface area contributed by atoms with Crippen LogP contribution in [0.1, 0.15) is 401 Å². The Morgan fingerprint density at radius 3 is 0.643 bits per heavy atom. The molecule has 0 amide bonds. The third-order valence-corrected chi connectivity index (χ3v) is 21.7. The highest BCUT2D eigenvalue weighted by atomic mass is 16.5. The van der Waals surface area contributed by atoms with Gasteiger partial charge in [-0.1, -0.05) is 369 Å². The summed E-state index contributed by atoms with van der Waals surface area (Å²) in [6.45, 7) is 26.1. The Hall–Kier alpha value is -0.480. The lowest BCUT2D eigenvalue weighted by atomic mass is 10.0. The van der Waals surface area contributed by atoms with Crippen LogP contribution in [-0.2, 0) is 9.47 Å². The Kier molecular flexibility index (Phi) is 74.3. The summed E-state index contributed by atoms with van der Waals surface area (Å²) in [7, 11) is 0. The van der Waals surface area contributed by atoms with Gasteiger partial charge in [-0.25, -0.2) is 0 Å². The highest BCUT2D eigenvalue weighted by Gasteiger charge is 2.22. The topological polar surface area (TPSA) is 136 Å². The first-order valence-electron chi connectivity index (χ1n) is 44.3. The molecule has 1 saturated heterocycles. The minimum absolute atomic E-state index is 0.342. The molecule has 0 radical (unpaired) electrons. The maximum Gasteiger partial charge on any atom is 0.0667 e. The average Bonchev–Trinajstić information content (AvgIpc) is 1.17. The van der Waals surface area contributed by atoms with Gasteiger partial charge in [-0.3, -0.25) is 24.5 Å². The first-order valence-corrected chi connectivity index (χ1v) is 44.3. The molecule has 1 heterocycles. The smallest absolute Gasteiger partial charge is 0.0667 e. The molecule has 0 saturated carbocycles. The zero-order chi connectivity index (χ0) is 70.9. The van der Waals surface area contributed by atoms with Crippen molar-refractivity contribution in [3.63, 3.8) is 0 Å². The fourth-order valence-electron chi connectivity index (χ4n) is 14.9. The van der Waals surface area contributed by atoms with E-state index >= 15 is 0 Å². The summed E-state index contributed by atoms with van der Waals surface area (Å²) in [4.78, 5) is 12.1. The first-order chi connectivity index (χ1) is 48.1. The average molecular weight is 1390 g/mol. The normalized spacial score (nSPS) is 15.0. The van der Waals surface area contributed by atoms with Gasteiger partial charge in [-0.15, -0.1) is 0 Å². The molecule has 5 N–H and O–H groups in total. The Morgan fingerprint density at radius 2 is 0.408 bits per heavy atom. The van der Waals surface area contributed by atoms with Crippen LogP contribution in [0.25, 0.3) is 0 Å². The molecule has 0 aromatic rings. The van der Waals surface area contributed by atoms with Crippen molar-refractivity contribution in [2.75, 3.05) is 125 Å². The van der Waals surface area contributed by atoms with E-state index in [0.717, 1.165) is 123 Å². The van der Waals surface area contributed by atoms with Crippen LogP contribution in [0.2, 0.25) is 0 Å². The molecule has 0 spiro atoms. The number of unbranched alkanes of at least 4 members (excludes halogenated alkanes) is 47. The fraction of sp³-hybridized carbons (Fsp3) is 1.00. The largest absolute Gasteiger partial charge is 0.392 e. The number of piperazine rings is 1. The third-order valence-electron chi connectivity index (χ3n) is 21.7. The summed E-state index contributed by atoms with van der Waals surface area (Å²) in [5.41, 5.74) is 0. The summed E-state index contributed by atoms with van der Waals surface area (Å²) in [6, 6.07) is 0. The van der Waals surface area contributed by atoms with Crippen molar-refractivity contribution in [1.29, 1.82) is 0 Å². The van der Waals surface area contributed by atoms with Crippen LogP contribution in [0.5, 0.6) is 0 Å². The Labute approximate surface area is 612 Å². The summed E-state index contributed by atoms with van der Waals surface area (Å²) < 4.78 is 12.8. The van der Waals surface area contributed by atoms with Gasteiger partial charge in [0.25, 0.3) is 0 Å². The van der Waals surface area contributed by atoms with Crippen molar-refractivity contribution in [2.24, 2.45) is 0 Å². The molecule has 1 fully saturated rings. The lowest BCUT2D eigenvalue weighted by Crippen LogP contribution is -2.49. The van der Waals surface area contributed by atoms with Crippen LogP contribution in [0.4, 0.5) is 0 Å². The first kappa shape index (κ1) is 95.5. The lowest BCUT2D eigenvalue weighted by Gasteiger charge is -2.36. The van der Waals surface area contributed by atoms with Crippen molar-refractivity contribution >= 4 is 0 Å². The van der Waals surface area contributed by atoms with Gasteiger partial charge in [0, 0.05) is 98.2 Å². The van der Waals surface area contributed by atoms with Gasteiger partial charge >= 0.3 is 0 Å². The zero-order valence-corrected chi connectivity index (χ0v) is 66.9. The number of aliphatic hydroxyl groups is 5. The van der Waals surface area contributed by atoms with Crippen LogP contribution < -0.4 is 0 Å².